The zero-order valence-corrected chi connectivity index (χ0v) is 12.1. The van der Waals surface area contributed by atoms with Crippen molar-refractivity contribution in [2.24, 2.45) is 5.92 Å². The van der Waals surface area contributed by atoms with Crippen LogP contribution in [0.1, 0.15) is 38.4 Å². The molecule has 7 heteroatoms. The molecule has 0 unspecified atom stereocenters. The number of imidazole rings is 1. The Hall–Kier alpha value is -0.920. The maximum atomic E-state index is 12.3. The summed E-state index contributed by atoms with van der Waals surface area (Å²) in [7, 11) is -3.66. The fourth-order valence-corrected chi connectivity index (χ4v) is 3.90. The smallest absolute Gasteiger partial charge is 0.258 e. The summed E-state index contributed by atoms with van der Waals surface area (Å²) in [4.78, 5) is 6.61. The molecule has 1 aliphatic carbocycles. The summed E-state index contributed by atoms with van der Waals surface area (Å²) >= 11 is 0. The standard InChI is InChI=1S/C12H21N3O3S/c1-9-3-5-12(8-16,6-4-9)15-19(17,18)11-7-13-10(2)14-11/h7,9,15-16H,3-6,8H2,1-2H3,(H,13,14). The first-order chi connectivity index (χ1) is 8.87. The number of hydrogen-bond acceptors (Lipinski definition) is 4. The van der Waals surface area contributed by atoms with E-state index in [1.165, 1.54) is 6.20 Å². The lowest BCUT2D eigenvalue weighted by Crippen LogP contribution is -2.53. The van der Waals surface area contributed by atoms with E-state index in [9.17, 15) is 13.5 Å². The lowest BCUT2D eigenvalue weighted by Gasteiger charge is -2.38. The molecule has 0 saturated heterocycles. The molecule has 1 aliphatic rings. The lowest BCUT2D eigenvalue weighted by atomic mass is 9.78. The molecule has 0 radical (unpaired) electrons. The van der Waals surface area contributed by atoms with Gasteiger partial charge in [-0.1, -0.05) is 6.92 Å². The second kappa shape index (κ2) is 5.22. The van der Waals surface area contributed by atoms with Gasteiger partial charge in [-0.25, -0.2) is 18.1 Å². The van der Waals surface area contributed by atoms with Crippen LogP contribution in [0.25, 0.3) is 0 Å². The maximum absolute atomic E-state index is 12.3. The van der Waals surface area contributed by atoms with Gasteiger partial charge in [0.1, 0.15) is 5.82 Å². The molecule has 1 aromatic rings. The molecule has 1 saturated carbocycles. The van der Waals surface area contributed by atoms with Gasteiger partial charge in [-0.2, -0.15) is 0 Å². The number of nitrogens with zero attached hydrogens (tertiary/aromatic N) is 1. The monoisotopic (exact) mass is 287 g/mol. The van der Waals surface area contributed by atoms with Gasteiger partial charge in [0, 0.05) is 0 Å². The van der Waals surface area contributed by atoms with Gasteiger partial charge in [0.25, 0.3) is 10.0 Å². The summed E-state index contributed by atoms with van der Waals surface area (Å²) in [6, 6.07) is 0. The molecule has 1 aromatic heterocycles. The van der Waals surface area contributed by atoms with Crippen molar-refractivity contribution in [3.63, 3.8) is 0 Å². The van der Waals surface area contributed by atoms with Crippen LogP contribution in [0, 0.1) is 12.8 Å². The van der Waals surface area contributed by atoms with E-state index < -0.39 is 15.6 Å². The van der Waals surface area contributed by atoms with Crippen molar-refractivity contribution in [2.75, 3.05) is 6.61 Å². The molecule has 0 spiro atoms. The van der Waals surface area contributed by atoms with Crippen LogP contribution in [0.4, 0.5) is 0 Å². The van der Waals surface area contributed by atoms with E-state index in [1.54, 1.807) is 6.92 Å². The van der Waals surface area contributed by atoms with E-state index >= 15 is 0 Å². The molecule has 19 heavy (non-hydrogen) atoms. The van der Waals surface area contributed by atoms with E-state index in [1.807, 2.05) is 0 Å². The molecule has 6 nitrogen and oxygen atoms in total. The Morgan fingerprint density at radius 2 is 2.16 bits per heavy atom. The van der Waals surface area contributed by atoms with Crippen molar-refractivity contribution < 1.29 is 13.5 Å². The molecule has 0 aromatic carbocycles. The van der Waals surface area contributed by atoms with Crippen molar-refractivity contribution in [3.8, 4) is 0 Å². The minimum absolute atomic E-state index is 0.0523. The zero-order valence-electron chi connectivity index (χ0n) is 11.3. The van der Waals surface area contributed by atoms with Crippen LogP contribution in [0.3, 0.4) is 0 Å². The number of H-pyrrole nitrogens is 1. The fraction of sp³-hybridized carbons (Fsp3) is 0.750. The van der Waals surface area contributed by atoms with Crippen LogP contribution in [-0.2, 0) is 10.0 Å². The third kappa shape index (κ3) is 3.16. The van der Waals surface area contributed by atoms with Gasteiger partial charge >= 0.3 is 0 Å². The number of rotatable bonds is 4. The first-order valence-corrected chi connectivity index (χ1v) is 8.02. The number of aromatic amines is 1. The Morgan fingerprint density at radius 1 is 1.53 bits per heavy atom. The number of aryl methyl sites for hydroxylation is 1. The Bertz CT molecular complexity index is 530. The highest BCUT2D eigenvalue weighted by molar-refractivity contribution is 7.89. The molecule has 0 amide bonds. The third-order valence-electron chi connectivity index (χ3n) is 3.85. The quantitative estimate of drug-likeness (QED) is 0.768. The molecule has 1 heterocycles. The summed E-state index contributed by atoms with van der Waals surface area (Å²) in [6.45, 7) is 3.67. The highest BCUT2D eigenvalue weighted by Gasteiger charge is 2.38. The average Bonchev–Trinajstić information content (AvgIpc) is 2.80. The summed E-state index contributed by atoms with van der Waals surface area (Å²) in [5, 5.41) is 9.64. The van der Waals surface area contributed by atoms with Crippen LogP contribution in [0.15, 0.2) is 11.2 Å². The lowest BCUT2D eigenvalue weighted by molar-refractivity contribution is 0.125. The van der Waals surface area contributed by atoms with Gasteiger partial charge in [0.15, 0.2) is 5.03 Å². The Labute approximate surface area is 113 Å². The predicted octanol–water partition coefficient (Wildman–Crippen LogP) is 0.938. The fourth-order valence-electron chi connectivity index (χ4n) is 2.48. The topological polar surface area (TPSA) is 95.1 Å². The van der Waals surface area contributed by atoms with Crippen molar-refractivity contribution >= 4 is 10.0 Å². The van der Waals surface area contributed by atoms with Crippen LogP contribution in [-0.4, -0.2) is 35.6 Å². The Kier molecular flexibility index (Phi) is 3.98. The normalized spacial score (nSPS) is 28.5. The summed E-state index contributed by atoms with van der Waals surface area (Å²) in [6.07, 6.45) is 4.47. The number of aromatic nitrogens is 2. The predicted molar refractivity (Wildman–Crippen MR) is 71.1 cm³/mol. The minimum Gasteiger partial charge on any atom is -0.394 e. The molecule has 1 fully saturated rings. The number of sulfonamides is 1. The van der Waals surface area contributed by atoms with E-state index in [4.69, 9.17) is 0 Å². The second-order valence-corrected chi connectivity index (χ2v) is 7.21. The third-order valence-corrected chi connectivity index (χ3v) is 5.34. The van der Waals surface area contributed by atoms with E-state index in [0.717, 1.165) is 12.8 Å². The van der Waals surface area contributed by atoms with Crippen molar-refractivity contribution in [2.45, 2.75) is 50.1 Å². The molecule has 0 atom stereocenters. The second-order valence-electron chi connectivity index (χ2n) is 5.56. The highest BCUT2D eigenvalue weighted by Crippen LogP contribution is 2.32. The van der Waals surface area contributed by atoms with Crippen LogP contribution < -0.4 is 4.72 Å². The zero-order chi connectivity index (χ0) is 14.1. The minimum atomic E-state index is -3.66. The Morgan fingerprint density at radius 3 is 2.63 bits per heavy atom. The van der Waals surface area contributed by atoms with Gasteiger partial charge in [0.2, 0.25) is 0 Å². The highest BCUT2D eigenvalue weighted by atomic mass is 32.2. The number of hydrogen-bond donors (Lipinski definition) is 3. The van der Waals surface area contributed by atoms with Gasteiger partial charge in [-0.15, -0.1) is 0 Å². The Balaban J connectivity index is 2.18. The molecular weight excluding hydrogens is 266 g/mol. The SMILES string of the molecule is Cc1ncc(S(=O)(=O)NC2(CO)CCC(C)CC2)[nH]1. The van der Waals surface area contributed by atoms with E-state index in [-0.39, 0.29) is 11.6 Å². The molecule has 2 rings (SSSR count). The van der Waals surface area contributed by atoms with Gasteiger partial charge in [0.05, 0.1) is 18.3 Å². The molecule has 0 aliphatic heterocycles. The van der Waals surface area contributed by atoms with Crippen LogP contribution in [0.2, 0.25) is 0 Å². The summed E-state index contributed by atoms with van der Waals surface area (Å²) < 4.78 is 27.2. The van der Waals surface area contributed by atoms with Crippen molar-refractivity contribution in [1.29, 1.82) is 0 Å². The maximum Gasteiger partial charge on any atom is 0.258 e. The number of aliphatic hydroxyl groups is 1. The molecule has 3 N–H and O–H groups in total. The largest absolute Gasteiger partial charge is 0.394 e. The van der Waals surface area contributed by atoms with E-state index in [2.05, 4.69) is 21.6 Å². The first kappa shape index (κ1) is 14.5. The van der Waals surface area contributed by atoms with Crippen molar-refractivity contribution in [3.05, 3.63) is 12.0 Å². The van der Waals surface area contributed by atoms with Gasteiger partial charge < -0.3 is 10.1 Å². The van der Waals surface area contributed by atoms with Crippen LogP contribution in [0.5, 0.6) is 0 Å². The summed E-state index contributed by atoms with van der Waals surface area (Å²) in [5.41, 5.74) is -0.732. The number of aliphatic hydroxyl groups excluding tert-OH is 1. The summed E-state index contributed by atoms with van der Waals surface area (Å²) in [5.74, 6) is 1.13. The van der Waals surface area contributed by atoms with Gasteiger partial charge in [-0.05, 0) is 38.5 Å². The van der Waals surface area contributed by atoms with Gasteiger partial charge in [-0.3, -0.25) is 0 Å². The van der Waals surface area contributed by atoms with Crippen molar-refractivity contribution in [1.82, 2.24) is 14.7 Å². The van der Waals surface area contributed by atoms with E-state index in [0.29, 0.717) is 24.6 Å². The average molecular weight is 287 g/mol. The first-order valence-electron chi connectivity index (χ1n) is 6.53. The molecule has 0 bridgehead atoms. The molecular formula is C12H21N3O3S. The van der Waals surface area contributed by atoms with Crippen LogP contribution >= 0.6 is 0 Å². The molecule has 108 valence electrons. The number of nitrogens with one attached hydrogen (secondary N) is 2.